The molecule has 0 atom stereocenters. The van der Waals surface area contributed by atoms with E-state index < -0.39 is 0 Å². The Kier molecular flexibility index (Phi) is 8.08. The molecule has 0 aliphatic heterocycles. The van der Waals surface area contributed by atoms with E-state index in [-0.39, 0.29) is 11.7 Å². The van der Waals surface area contributed by atoms with Crippen LogP contribution >= 0.6 is 11.8 Å². The third-order valence-electron chi connectivity index (χ3n) is 4.79. The monoisotopic (exact) mass is 488 g/mol. The Morgan fingerprint density at radius 3 is 2.71 bits per heavy atom. The van der Waals surface area contributed by atoms with Crippen LogP contribution in [-0.2, 0) is 4.79 Å². The molecule has 1 amide bonds. The smallest absolute Gasteiger partial charge is 0.250 e. The molecule has 4 rings (SSSR count). The molecular weight excluding hydrogens is 464 g/mol. The van der Waals surface area contributed by atoms with Crippen molar-refractivity contribution >= 4 is 23.9 Å². The quantitative estimate of drug-likeness (QED) is 0.205. The molecule has 0 bridgehead atoms. The van der Waals surface area contributed by atoms with Gasteiger partial charge in [-0.3, -0.25) is 14.3 Å². The van der Waals surface area contributed by atoms with Crippen LogP contribution in [0.2, 0.25) is 0 Å². The van der Waals surface area contributed by atoms with Crippen LogP contribution in [0.5, 0.6) is 11.5 Å². The van der Waals surface area contributed by atoms with Crippen LogP contribution in [0.15, 0.2) is 83.3 Å². The van der Waals surface area contributed by atoms with Crippen LogP contribution in [0.25, 0.3) is 17.1 Å². The molecule has 2 aromatic carbocycles. The average Bonchev–Trinajstić information content (AvgIpc) is 3.33. The van der Waals surface area contributed by atoms with Gasteiger partial charge in [-0.1, -0.05) is 23.9 Å². The number of hydrazone groups is 1. The number of nitrogens with zero attached hydrogens (tertiary/aromatic N) is 5. The fourth-order valence-corrected chi connectivity index (χ4v) is 3.94. The van der Waals surface area contributed by atoms with E-state index in [0.717, 1.165) is 22.6 Å². The lowest BCUT2D eigenvalue weighted by Crippen LogP contribution is -2.20. The second kappa shape index (κ2) is 11.8. The van der Waals surface area contributed by atoms with E-state index in [4.69, 9.17) is 9.47 Å². The molecule has 10 heteroatoms. The summed E-state index contributed by atoms with van der Waals surface area (Å²) < 4.78 is 12.6. The molecule has 9 nitrogen and oxygen atoms in total. The highest BCUT2D eigenvalue weighted by atomic mass is 32.2. The molecule has 0 spiro atoms. The van der Waals surface area contributed by atoms with Crippen molar-refractivity contribution in [3.63, 3.8) is 0 Å². The number of hydrogen-bond donors (Lipinski definition) is 1. The summed E-state index contributed by atoms with van der Waals surface area (Å²) in [6, 6.07) is 18.8. The van der Waals surface area contributed by atoms with E-state index in [2.05, 4.69) is 25.7 Å². The Hall–Kier alpha value is -4.18. The minimum Gasteiger partial charge on any atom is -0.497 e. The zero-order chi connectivity index (χ0) is 24.5. The number of rotatable bonds is 10. The molecule has 0 unspecified atom stereocenters. The van der Waals surface area contributed by atoms with Crippen molar-refractivity contribution in [2.45, 2.75) is 12.1 Å². The summed E-state index contributed by atoms with van der Waals surface area (Å²) in [5.74, 6) is 1.96. The fourth-order valence-electron chi connectivity index (χ4n) is 3.20. The lowest BCUT2D eigenvalue weighted by molar-refractivity contribution is -0.118. The number of methoxy groups -OCH3 is 1. The second-order valence-corrected chi connectivity index (χ2v) is 8.11. The molecular formula is C25H24N6O3S. The average molecular weight is 489 g/mol. The normalized spacial score (nSPS) is 10.9. The van der Waals surface area contributed by atoms with E-state index in [9.17, 15) is 4.79 Å². The van der Waals surface area contributed by atoms with E-state index >= 15 is 0 Å². The standard InChI is InChI=1S/C25H24N6O3S/c1-3-34-21-11-9-20(10-12-21)31-24(19-7-5-13-26-16-19)29-30-25(31)35-17-23(32)28-27-15-18-6-4-8-22(14-18)33-2/h4-16H,3,17H2,1-2H3,(H,28,32). The summed E-state index contributed by atoms with van der Waals surface area (Å²) in [7, 11) is 1.60. The summed E-state index contributed by atoms with van der Waals surface area (Å²) in [5, 5.41) is 13.3. The van der Waals surface area contributed by atoms with Gasteiger partial charge in [0.25, 0.3) is 5.91 Å². The van der Waals surface area contributed by atoms with Crippen molar-refractivity contribution in [2.75, 3.05) is 19.5 Å². The van der Waals surface area contributed by atoms with Crippen molar-refractivity contribution in [1.29, 1.82) is 0 Å². The molecule has 35 heavy (non-hydrogen) atoms. The summed E-state index contributed by atoms with van der Waals surface area (Å²) in [6.07, 6.45) is 4.99. The molecule has 0 fully saturated rings. The zero-order valence-electron chi connectivity index (χ0n) is 19.3. The van der Waals surface area contributed by atoms with E-state index in [0.29, 0.717) is 23.3 Å². The fraction of sp³-hybridized carbons (Fsp3) is 0.160. The van der Waals surface area contributed by atoms with Gasteiger partial charge >= 0.3 is 0 Å². The molecule has 0 saturated heterocycles. The maximum absolute atomic E-state index is 12.4. The van der Waals surface area contributed by atoms with Gasteiger partial charge in [0.2, 0.25) is 0 Å². The number of nitrogens with one attached hydrogen (secondary N) is 1. The van der Waals surface area contributed by atoms with Gasteiger partial charge in [-0.15, -0.1) is 10.2 Å². The van der Waals surface area contributed by atoms with E-state index in [1.54, 1.807) is 25.7 Å². The van der Waals surface area contributed by atoms with Gasteiger partial charge < -0.3 is 9.47 Å². The first-order chi connectivity index (χ1) is 17.2. The lowest BCUT2D eigenvalue weighted by Gasteiger charge is -2.11. The van der Waals surface area contributed by atoms with Crippen molar-refractivity contribution in [3.8, 4) is 28.6 Å². The summed E-state index contributed by atoms with van der Waals surface area (Å²) in [6.45, 7) is 2.53. The second-order valence-electron chi connectivity index (χ2n) is 7.17. The third kappa shape index (κ3) is 6.24. The maximum atomic E-state index is 12.4. The number of amides is 1. The first-order valence-corrected chi connectivity index (χ1v) is 11.8. The van der Waals surface area contributed by atoms with Crippen molar-refractivity contribution in [2.24, 2.45) is 5.10 Å². The topological polar surface area (TPSA) is 104 Å². The van der Waals surface area contributed by atoms with E-state index in [1.165, 1.54) is 11.8 Å². The van der Waals surface area contributed by atoms with Crippen molar-refractivity contribution in [1.82, 2.24) is 25.2 Å². The minimum absolute atomic E-state index is 0.109. The van der Waals surface area contributed by atoms with Crippen LogP contribution in [0.4, 0.5) is 0 Å². The molecule has 1 N–H and O–H groups in total. The van der Waals surface area contributed by atoms with Crippen LogP contribution in [0.3, 0.4) is 0 Å². The molecule has 178 valence electrons. The number of pyridine rings is 1. The summed E-state index contributed by atoms with van der Waals surface area (Å²) >= 11 is 1.26. The largest absolute Gasteiger partial charge is 0.497 e. The van der Waals surface area contributed by atoms with Gasteiger partial charge in [0.05, 0.1) is 25.7 Å². The number of aromatic nitrogens is 4. The van der Waals surface area contributed by atoms with Gasteiger partial charge in [-0.25, -0.2) is 5.43 Å². The number of carbonyl (C=O) groups is 1. The number of ether oxygens (including phenoxy) is 2. The highest BCUT2D eigenvalue weighted by molar-refractivity contribution is 7.99. The van der Waals surface area contributed by atoms with E-state index in [1.807, 2.05) is 72.2 Å². The SMILES string of the molecule is CCOc1ccc(-n2c(SCC(=O)NN=Cc3cccc(OC)c3)nnc2-c2cccnc2)cc1. The number of hydrogen-bond acceptors (Lipinski definition) is 8. The number of carbonyl (C=O) groups excluding carboxylic acids is 1. The highest BCUT2D eigenvalue weighted by Crippen LogP contribution is 2.28. The summed E-state index contributed by atoms with van der Waals surface area (Å²) in [4.78, 5) is 16.6. The first kappa shape index (κ1) is 24.0. The molecule has 0 aliphatic carbocycles. The number of thioether (sulfide) groups is 1. The highest BCUT2D eigenvalue weighted by Gasteiger charge is 2.17. The van der Waals surface area contributed by atoms with Crippen molar-refractivity contribution in [3.05, 3.63) is 78.6 Å². The maximum Gasteiger partial charge on any atom is 0.250 e. The summed E-state index contributed by atoms with van der Waals surface area (Å²) in [5.41, 5.74) is 5.01. The Morgan fingerprint density at radius 2 is 1.97 bits per heavy atom. The predicted molar refractivity (Wildman–Crippen MR) is 135 cm³/mol. The molecule has 4 aromatic rings. The minimum atomic E-state index is -0.265. The van der Waals surface area contributed by atoms with Crippen LogP contribution in [0, 0.1) is 0 Å². The molecule has 0 saturated carbocycles. The molecule has 2 aromatic heterocycles. The van der Waals surface area contributed by atoms with Crippen LogP contribution in [0.1, 0.15) is 12.5 Å². The Balaban J connectivity index is 1.49. The molecule has 0 aliphatic rings. The van der Waals surface area contributed by atoms with Crippen LogP contribution < -0.4 is 14.9 Å². The third-order valence-corrected chi connectivity index (χ3v) is 5.72. The number of benzene rings is 2. The van der Waals surface area contributed by atoms with Gasteiger partial charge in [0, 0.05) is 23.6 Å². The Labute approximate surface area is 207 Å². The van der Waals surface area contributed by atoms with Gasteiger partial charge in [0.15, 0.2) is 11.0 Å². The Bertz CT molecular complexity index is 1290. The molecule has 2 heterocycles. The first-order valence-electron chi connectivity index (χ1n) is 10.9. The zero-order valence-corrected chi connectivity index (χ0v) is 20.1. The van der Waals surface area contributed by atoms with Gasteiger partial charge in [-0.2, -0.15) is 5.10 Å². The molecule has 0 radical (unpaired) electrons. The lowest BCUT2D eigenvalue weighted by atomic mass is 10.2. The predicted octanol–water partition coefficient (Wildman–Crippen LogP) is 3.98. The van der Waals surface area contributed by atoms with Gasteiger partial charge in [-0.05, 0) is 61.0 Å². The van der Waals surface area contributed by atoms with Crippen LogP contribution in [-0.4, -0.2) is 51.3 Å². The van der Waals surface area contributed by atoms with Gasteiger partial charge in [0.1, 0.15) is 11.5 Å². The van der Waals surface area contributed by atoms with Crippen molar-refractivity contribution < 1.29 is 14.3 Å². The Morgan fingerprint density at radius 1 is 1.11 bits per heavy atom.